The van der Waals surface area contributed by atoms with Crippen LogP contribution in [0.15, 0.2) is 28.5 Å². The first-order valence-corrected chi connectivity index (χ1v) is 11.7. The van der Waals surface area contributed by atoms with Crippen molar-refractivity contribution in [2.75, 3.05) is 33.1 Å². The van der Waals surface area contributed by atoms with Crippen LogP contribution in [-0.2, 0) is 32.4 Å². The Morgan fingerprint density at radius 3 is 2.63 bits per heavy atom. The number of rotatable bonds is 7. The molecule has 1 aliphatic rings. The topological polar surface area (TPSA) is 102 Å². The third kappa shape index (κ3) is 4.66. The molecule has 1 amide bonds. The summed E-state index contributed by atoms with van der Waals surface area (Å²) in [6.07, 6.45) is 3.98. The van der Waals surface area contributed by atoms with E-state index in [9.17, 15) is 18.0 Å². The first kappa shape index (κ1) is 22.3. The van der Waals surface area contributed by atoms with Crippen molar-refractivity contribution in [1.82, 2.24) is 4.31 Å². The summed E-state index contributed by atoms with van der Waals surface area (Å²) in [5, 5.41) is 4.34. The quantitative estimate of drug-likeness (QED) is 0.648. The summed E-state index contributed by atoms with van der Waals surface area (Å²) < 4.78 is 36.1. The summed E-state index contributed by atoms with van der Waals surface area (Å²) in [5.74, 6) is -0.829. The van der Waals surface area contributed by atoms with Crippen LogP contribution in [0.2, 0.25) is 0 Å². The molecule has 1 heterocycles. The summed E-state index contributed by atoms with van der Waals surface area (Å²) in [7, 11) is 0.560. The Morgan fingerprint density at radius 1 is 1.20 bits per heavy atom. The lowest BCUT2D eigenvalue weighted by Gasteiger charge is -2.15. The maximum atomic E-state index is 12.4. The number of thiophene rings is 1. The molecule has 162 valence electrons. The molecule has 0 fully saturated rings. The smallest absolute Gasteiger partial charge is 0.339 e. The Balaban J connectivity index is 1.68. The highest BCUT2D eigenvalue weighted by atomic mass is 32.2. The highest BCUT2D eigenvalue weighted by Gasteiger charge is 2.23. The fourth-order valence-corrected chi connectivity index (χ4v) is 5.26. The number of anilines is 1. The van der Waals surface area contributed by atoms with Crippen molar-refractivity contribution < 1.29 is 27.5 Å². The van der Waals surface area contributed by atoms with Crippen molar-refractivity contribution in [3.8, 4) is 5.75 Å². The van der Waals surface area contributed by atoms with Gasteiger partial charge in [-0.3, -0.25) is 4.79 Å². The number of ether oxygens (including phenoxy) is 2. The zero-order valence-electron chi connectivity index (χ0n) is 17.1. The van der Waals surface area contributed by atoms with Crippen LogP contribution in [0.3, 0.4) is 0 Å². The molecule has 0 bridgehead atoms. The van der Waals surface area contributed by atoms with Gasteiger partial charge in [0, 0.05) is 24.4 Å². The van der Waals surface area contributed by atoms with Crippen molar-refractivity contribution in [1.29, 1.82) is 0 Å². The minimum Gasteiger partial charge on any atom is -0.495 e. The number of hydrogen-bond donors (Lipinski definition) is 1. The van der Waals surface area contributed by atoms with Crippen LogP contribution in [0.25, 0.3) is 0 Å². The third-order valence-corrected chi connectivity index (χ3v) is 7.74. The molecule has 1 N–H and O–H groups in total. The number of aryl methyl sites for hydroxylation is 1. The fourth-order valence-electron chi connectivity index (χ4n) is 3.22. The molecule has 1 aliphatic carbocycles. The maximum Gasteiger partial charge on any atom is 0.339 e. The Bertz CT molecular complexity index is 1060. The number of methoxy groups -OCH3 is 1. The van der Waals surface area contributed by atoms with Crippen LogP contribution in [0.1, 0.15) is 33.6 Å². The van der Waals surface area contributed by atoms with Crippen LogP contribution in [0, 0.1) is 0 Å². The van der Waals surface area contributed by atoms with E-state index in [-0.39, 0.29) is 10.6 Å². The number of fused-ring (bicyclic) bond motifs is 1. The molecule has 0 aliphatic heterocycles. The molecule has 10 heteroatoms. The summed E-state index contributed by atoms with van der Waals surface area (Å²) in [4.78, 5) is 26.0. The molecule has 3 rings (SSSR count). The molecule has 2 aromatic rings. The highest BCUT2D eigenvalue weighted by molar-refractivity contribution is 7.89. The Kier molecular flexibility index (Phi) is 6.79. The number of hydrogen-bond acceptors (Lipinski definition) is 7. The van der Waals surface area contributed by atoms with E-state index in [1.165, 1.54) is 44.3 Å². The van der Waals surface area contributed by atoms with Gasteiger partial charge in [0.25, 0.3) is 5.91 Å². The molecule has 0 unspecified atom stereocenters. The molecular formula is C20H24N2O6S2. The molecule has 0 saturated carbocycles. The Morgan fingerprint density at radius 2 is 1.93 bits per heavy atom. The van der Waals surface area contributed by atoms with Gasteiger partial charge in [0.2, 0.25) is 10.0 Å². The number of benzene rings is 1. The lowest BCUT2D eigenvalue weighted by atomic mass is 9.96. The number of esters is 1. The van der Waals surface area contributed by atoms with E-state index < -0.39 is 28.5 Å². The molecule has 1 aromatic heterocycles. The second-order valence-corrected chi connectivity index (χ2v) is 10.1. The van der Waals surface area contributed by atoms with E-state index >= 15 is 0 Å². The number of carbonyl (C=O) groups is 2. The average Bonchev–Trinajstić information content (AvgIpc) is 3.16. The standard InChI is InChI=1S/C20H24N2O6S2/c1-22(2)30(25,26)13-8-9-17(27-3)16(10-13)21-19(23)11-28-20(24)15-12-29-18-7-5-4-6-14(15)18/h8-10,12H,4-7,11H2,1-3H3,(H,21,23). The van der Waals surface area contributed by atoms with Crippen molar-refractivity contribution in [3.05, 3.63) is 39.6 Å². The summed E-state index contributed by atoms with van der Waals surface area (Å²) in [6.45, 7) is -0.489. The van der Waals surface area contributed by atoms with Gasteiger partial charge in [0.05, 0.1) is 23.3 Å². The first-order valence-electron chi connectivity index (χ1n) is 9.41. The van der Waals surface area contributed by atoms with Crippen LogP contribution in [0.5, 0.6) is 5.75 Å². The number of amides is 1. The van der Waals surface area contributed by atoms with Crippen molar-refractivity contribution >= 4 is 38.9 Å². The van der Waals surface area contributed by atoms with E-state index in [0.717, 1.165) is 35.6 Å². The second kappa shape index (κ2) is 9.15. The van der Waals surface area contributed by atoms with Crippen LogP contribution in [0.4, 0.5) is 5.69 Å². The predicted molar refractivity (Wildman–Crippen MR) is 114 cm³/mol. The lowest BCUT2D eigenvalue weighted by molar-refractivity contribution is -0.119. The molecule has 30 heavy (non-hydrogen) atoms. The Labute approximate surface area is 179 Å². The molecule has 8 nitrogen and oxygen atoms in total. The molecule has 0 saturated heterocycles. The van der Waals surface area contributed by atoms with Gasteiger partial charge in [-0.15, -0.1) is 11.3 Å². The average molecular weight is 453 g/mol. The lowest BCUT2D eigenvalue weighted by Crippen LogP contribution is -2.23. The number of nitrogens with zero attached hydrogens (tertiary/aromatic N) is 1. The van der Waals surface area contributed by atoms with E-state index in [1.54, 1.807) is 16.7 Å². The predicted octanol–water partition coefficient (Wildman–Crippen LogP) is 2.68. The summed E-state index contributed by atoms with van der Waals surface area (Å²) >= 11 is 1.55. The molecular weight excluding hydrogens is 428 g/mol. The van der Waals surface area contributed by atoms with Gasteiger partial charge < -0.3 is 14.8 Å². The zero-order valence-corrected chi connectivity index (χ0v) is 18.7. The number of nitrogens with one attached hydrogen (secondary N) is 1. The molecule has 0 spiro atoms. The summed E-state index contributed by atoms with van der Waals surface area (Å²) in [6, 6.07) is 4.16. The van der Waals surface area contributed by atoms with Gasteiger partial charge in [0.1, 0.15) is 5.75 Å². The normalized spacial score (nSPS) is 13.6. The minimum absolute atomic E-state index is 0.00509. The summed E-state index contributed by atoms with van der Waals surface area (Å²) in [5.41, 5.74) is 1.73. The van der Waals surface area contributed by atoms with Gasteiger partial charge in [-0.05, 0) is 49.4 Å². The van der Waals surface area contributed by atoms with Crippen LogP contribution in [-0.4, -0.2) is 52.4 Å². The zero-order chi connectivity index (χ0) is 21.9. The Hall–Kier alpha value is -2.43. The van der Waals surface area contributed by atoms with Gasteiger partial charge >= 0.3 is 5.97 Å². The van der Waals surface area contributed by atoms with Gasteiger partial charge in [-0.2, -0.15) is 0 Å². The molecule has 0 atom stereocenters. The number of carbonyl (C=O) groups excluding carboxylic acids is 2. The van der Waals surface area contributed by atoms with Crippen LogP contribution < -0.4 is 10.1 Å². The number of sulfonamides is 1. The molecule has 1 aromatic carbocycles. The van der Waals surface area contributed by atoms with Gasteiger partial charge in [-0.1, -0.05) is 0 Å². The van der Waals surface area contributed by atoms with Crippen LogP contribution >= 0.6 is 11.3 Å². The monoisotopic (exact) mass is 452 g/mol. The maximum absolute atomic E-state index is 12.4. The van der Waals surface area contributed by atoms with Crippen molar-refractivity contribution in [2.24, 2.45) is 0 Å². The van der Waals surface area contributed by atoms with E-state index in [2.05, 4.69) is 5.32 Å². The van der Waals surface area contributed by atoms with Crippen molar-refractivity contribution in [2.45, 2.75) is 30.6 Å². The highest BCUT2D eigenvalue weighted by Crippen LogP contribution is 2.31. The van der Waals surface area contributed by atoms with Gasteiger partial charge in [-0.25, -0.2) is 17.5 Å². The van der Waals surface area contributed by atoms with E-state index in [4.69, 9.17) is 9.47 Å². The first-order chi connectivity index (χ1) is 14.2. The SMILES string of the molecule is COc1ccc(S(=O)(=O)N(C)C)cc1NC(=O)COC(=O)c1csc2c1CCCC2. The van der Waals surface area contributed by atoms with Gasteiger partial charge in [0.15, 0.2) is 6.61 Å². The van der Waals surface area contributed by atoms with E-state index in [1.807, 2.05) is 0 Å². The third-order valence-electron chi connectivity index (χ3n) is 4.84. The van der Waals surface area contributed by atoms with E-state index in [0.29, 0.717) is 11.3 Å². The minimum atomic E-state index is -3.68. The second-order valence-electron chi connectivity index (χ2n) is 7.03. The fraction of sp³-hybridized carbons (Fsp3) is 0.400. The largest absolute Gasteiger partial charge is 0.495 e. The van der Waals surface area contributed by atoms with Crippen molar-refractivity contribution in [3.63, 3.8) is 0 Å². The molecule has 0 radical (unpaired) electrons.